The summed E-state index contributed by atoms with van der Waals surface area (Å²) in [5.41, 5.74) is 2.55. The molecule has 1 amide bonds. The van der Waals surface area contributed by atoms with Crippen LogP contribution >= 0.6 is 0 Å². The monoisotopic (exact) mass is 425 g/mol. The lowest BCUT2D eigenvalue weighted by Gasteiger charge is -2.31. The molecule has 2 aromatic carbocycles. The zero-order chi connectivity index (χ0) is 22.1. The third kappa shape index (κ3) is 6.31. The zero-order valence-electron chi connectivity index (χ0n) is 18.3. The van der Waals surface area contributed by atoms with Crippen molar-refractivity contribution in [2.75, 3.05) is 26.3 Å². The van der Waals surface area contributed by atoms with Crippen LogP contribution in [-0.4, -0.2) is 43.1 Å². The van der Waals surface area contributed by atoms with E-state index in [0.29, 0.717) is 57.9 Å². The van der Waals surface area contributed by atoms with Gasteiger partial charge in [-0.15, -0.1) is 0 Å². The van der Waals surface area contributed by atoms with Crippen molar-refractivity contribution in [2.45, 2.75) is 39.9 Å². The van der Waals surface area contributed by atoms with E-state index in [1.807, 2.05) is 56.3 Å². The minimum atomic E-state index is -0.159. The largest absolute Gasteiger partial charge is 0.494 e. The minimum Gasteiger partial charge on any atom is -0.494 e. The van der Waals surface area contributed by atoms with Gasteiger partial charge in [0, 0.05) is 24.2 Å². The number of piperidine rings is 1. The zero-order valence-corrected chi connectivity index (χ0v) is 18.3. The van der Waals surface area contributed by atoms with Crippen LogP contribution in [0.5, 0.6) is 5.75 Å². The summed E-state index contributed by atoms with van der Waals surface area (Å²) in [5.74, 6) is 0.419. The SMILES string of the molecule is CCOC(=O)C1CCN(C(=O)c2ccc(OCC)c(COCc3ccccc3)c2)CC1. The number of rotatable bonds is 9. The maximum atomic E-state index is 13.0. The molecule has 0 bridgehead atoms. The van der Waals surface area contributed by atoms with E-state index in [1.54, 1.807) is 11.0 Å². The van der Waals surface area contributed by atoms with Crippen LogP contribution < -0.4 is 4.74 Å². The fourth-order valence-corrected chi connectivity index (χ4v) is 3.74. The first kappa shape index (κ1) is 22.8. The first-order chi connectivity index (χ1) is 15.1. The molecule has 31 heavy (non-hydrogen) atoms. The molecule has 1 saturated heterocycles. The van der Waals surface area contributed by atoms with Gasteiger partial charge in [-0.05, 0) is 50.5 Å². The van der Waals surface area contributed by atoms with Crippen molar-refractivity contribution >= 4 is 11.9 Å². The Balaban J connectivity index is 1.63. The van der Waals surface area contributed by atoms with Gasteiger partial charge in [0.2, 0.25) is 0 Å². The smallest absolute Gasteiger partial charge is 0.309 e. The number of hydrogen-bond donors (Lipinski definition) is 0. The minimum absolute atomic E-state index is 0.0327. The van der Waals surface area contributed by atoms with Gasteiger partial charge in [0.25, 0.3) is 5.91 Å². The average molecular weight is 426 g/mol. The summed E-state index contributed by atoms with van der Waals surface area (Å²) < 4.78 is 16.7. The van der Waals surface area contributed by atoms with E-state index in [9.17, 15) is 9.59 Å². The quantitative estimate of drug-likeness (QED) is 0.563. The van der Waals surface area contributed by atoms with E-state index in [4.69, 9.17) is 14.2 Å². The van der Waals surface area contributed by atoms with Crippen LogP contribution in [0.25, 0.3) is 0 Å². The second kappa shape index (κ2) is 11.5. The van der Waals surface area contributed by atoms with Crippen LogP contribution in [0.4, 0.5) is 0 Å². The van der Waals surface area contributed by atoms with Crippen molar-refractivity contribution in [1.29, 1.82) is 0 Å². The molecule has 0 radical (unpaired) electrons. The van der Waals surface area contributed by atoms with Crippen LogP contribution in [0.3, 0.4) is 0 Å². The van der Waals surface area contributed by atoms with Crippen molar-refractivity contribution in [3.63, 3.8) is 0 Å². The highest BCUT2D eigenvalue weighted by atomic mass is 16.5. The highest BCUT2D eigenvalue weighted by molar-refractivity contribution is 5.94. The summed E-state index contributed by atoms with van der Waals surface area (Å²) in [6.07, 6.45) is 1.27. The van der Waals surface area contributed by atoms with E-state index in [2.05, 4.69) is 0 Å². The second-order valence-electron chi connectivity index (χ2n) is 7.55. The van der Waals surface area contributed by atoms with Crippen molar-refractivity contribution in [3.05, 3.63) is 65.2 Å². The topological polar surface area (TPSA) is 65.1 Å². The molecule has 6 nitrogen and oxygen atoms in total. The van der Waals surface area contributed by atoms with Crippen LogP contribution in [-0.2, 0) is 27.5 Å². The lowest BCUT2D eigenvalue weighted by atomic mass is 9.96. The van der Waals surface area contributed by atoms with E-state index in [-0.39, 0.29) is 17.8 Å². The molecule has 166 valence electrons. The van der Waals surface area contributed by atoms with Crippen LogP contribution in [0, 0.1) is 5.92 Å². The maximum Gasteiger partial charge on any atom is 0.309 e. The van der Waals surface area contributed by atoms with Crippen molar-refractivity contribution in [1.82, 2.24) is 4.90 Å². The molecule has 0 unspecified atom stereocenters. The summed E-state index contributed by atoms with van der Waals surface area (Å²) in [5, 5.41) is 0. The van der Waals surface area contributed by atoms with Crippen molar-refractivity contribution in [2.24, 2.45) is 5.92 Å². The number of carbonyl (C=O) groups is 2. The molecule has 0 atom stereocenters. The number of esters is 1. The molecule has 1 heterocycles. The summed E-state index contributed by atoms with van der Waals surface area (Å²) in [4.78, 5) is 26.8. The van der Waals surface area contributed by atoms with Gasteiger partial charge in [0.15, 0.2) is 0 Å². The second-order valence-corrected chi connectivity index (χ2v) is 7.55. The maximum absolute atomic E-state index is 13.0. The Morgan fingerprint density at radius 2 is 1.71 bits per heavy atom. The number of amides is 1. The fraction of sp³-hybridized carbons (Fsp3) is 0.440. The van der Waals surface area contributed by atoms with Gasteiger partial charge in [0.1, 0.15) is 5.75 Å². The average Bonchev–Trinajstić information content (AvgIpc) is 2.81. The third-order valence-corrected chi connectivity index (χ3v) is 5.38. The summed E-state index contributed by atoms with van der Waals surface area (Å²) >= 11 is 0. The Morgan fingerprint density at radius 1 is 0.968 bits per heavy atom. The van der Waals surface area contributed by atoms with Gasteiger partial charge < -0.3 is 19.1 Å². The van der Waals surface area contributed by atoms with E-state index in [1.165, 1.54) is 0 Å². The van der Waals surface area contributed by atoms with Gasteiger partial charge in [-0.25, -0.2) is 0 Å². The molecule has 6 heteroatoms. The predicted octanol–water partition coefficient (Wildman–Crippen LogP) is 4.22. The molecule has 0 saturated carbocycles. The van der Waals surface area contributed by atoms with E-state index < -0.39 is 0 Å². The molecular formula is C25H31NO5. The molecule has 0 aromatic heterocycles. The number of ether oxygens (including phenoxy) is 3. The van der Waals surface area contributed by atoms with Crippen LogP contribution in [0.1, 0.15) is 48.2 Å². The lowest BCUT2D eigenvalue weighted by Crippen LogP contribution is -2.40. The highest BCUT2D eigenvalue weighted by Gasteiger charge is 2.28. The molecule has 1 aliphatic heterocycles. The predicted molar refractivity (Wildman–Crippen MR) is 118 cm³/mol. The molecule has 3 rings (SSSR count). The standard InChI is InChI=1S/C25H31NO5/c1-3-30-23-11-10-21(16-22(23)18-29-17-19-8-6-5-7-9-19)24(27)26-14-12-20(13-15-26)25(28)31-4-2/h5-11,16,20H,3-4,12-15,17-18H2,1-2H3. The highest BCUT2D eigenvalue weighted by Crippen LogP contribution is 2.25. The number of hydrogen-bond acceptors (Lipinski definition) is 5. The van der Waals surface area contributed by atoms with Crippen LogP contribution in [0.15, 0.2) is 48.5 Å². The van der Waals surface area contributed by atoms with Crippen molar-refractivity contribution < 1.29 is 23.8 Å². The fourth-order valence-electron chi connectivity index (χ4n) is 3.74. The van der Waals surface area contributed by atoms with Gasteiger partial charge >= 0.3 is 5.97 Å². The number of likely N-dealkylation sites (tertiary alicyclic amines) is 1. The Morgan fingerprint density at radius 3 is 2.39 bits per heavy atom. The molecular weight excluding hydrogens is 394 g/mol. The Bertz CT molecular complexity index is 859. The Hall–Kier alpha value is -2.86. The first-order valence-corrected chi connectivity index (χ1v) is 11.0. The molecule has 1 fully saturated rings. The number of benzene rings is 2. The molecule has 1 aliphatic rings. The molecule has 0 aliphatic carbocycles. The summed E-state index contributed by atoms with van der Waals surface area (Å²) in [6.45, 7) is 6.62. The van der Waals surface area contributed by atoms with Gasteiger partial charge in [-0.1, -0.05) is 30.3 Å². The normalized spacial score (nSPS) is 14.3. The Labute approximate surface area is 184 Å². The summed E-state index contributed by atoms with van der Waals surface area (Å²) in [6, 6.07) is 15.5. The van der Waals surface area contributed by atoms with Gasteiger partial charge in [-0.3, -0.25) is 9.59 Å². The molecule has 0 spiro atoms. The van der Waals surface area contributed by atoms with Gasteiger partial charge in [-0.2, -0.15) is 0 Å². The van der Waals surface area contributed by atoms with E-state index >= 15 is 0 Å². The molecule has 2 aromatic rings. The van der Waals surface area contributed by atoms with Crippen LogP contribution in [0.2, 0.25) is 0 Å². The summed E-state index contributed by atoms with van der Waals surface area (Å²) in [7, 11) is 0. The van der Waals surface area contributed by atoms with Crippen molar-refractivity contribution in [3.8, 4) is 5.75 Å². The first-order valence-electron chi connectivity index (χ1n) is 11.0. The van der Waals surface area contributed by atoms with Gasteiger partial charge in [0.05, 0.1) is 32.3 Å². The Kier molecular flexibility index (Phi) is 8.47. The molecule has 0 N–H and O–H groups in total. The third-order valence-electron chi connectivity index (χ3n) is 5.38. The van der Waals surface area contributed by atoms with E-state index in [0.717, 1.165) is 16.9 Å². The number of nitrogens with zero attached hydrogens (tertiary/aromatic N) is 1. The lowest BCUT2D eigenvalue weighted by molar-refractivity contribution is -0.149. The number of carbonyl (C=O) groups excluding carboxylic acids is 2.